The van der Waals surface area contributed by atoms with Gasteiger partial charge < -0.3 is 16.0 Å². The van der Waals surface area contributed by atoms with Crippen LogP contribution in [0.1, 0.15) is 38.5 Å². The third-order valence-electron chi connectivity index (χ3n) is 3.21. The largest absolute Gasteiger partial charge is 0.356 e. The number of hydrogen-bond donors (Lipinski definition) is 3. The first-order valence-electron chi connectivity index (χ1n) is 7.61. The predicted octanol–water partition coefficient (Wildman–Crippen LogP) is 2.80. The Labute approximate surface area is 160 Å². The Morgan fingerprint density at radius 1 is 1.26 bits per heavy atom. The van der Waals surface area contributed by atoms with Gasteiger partial charge in [0.15, 0.2) is 5.96 Å². The van der Waals surface area contributed by atoms with Gasteiger partial charge in [-0.15, -0.1) is 35.3 Å². The average Bonchev–Trinajstić information content (AvgIpc) is 2.99. The molecule has 1 rings (SSSR count). The fourth-order valence-electron chi connectivity index (χ4n) is 1.76. The maximum absolute atomic E-state index is 11.7. The fourth-order valence-corrected chi connectivity index (χ4v) is 2.55. The maximum Gasteiger partial charge on any atom is 0.225 e. The van der Waals surface area contributed by atoms with Crippen LogP contribution in [0.25, 0.3) is 0 Å². The molecular weight excluding hydrogens is 423 g/mol. The zero-order chi connectivity index (χ0) is 16.6. The van der Waals surface area contributed by atoms with E-state index in [0.717, 1.165) is 12.5 Å². The summed E-state index contributed by atoms with van der Waals surface area (Å²) < 4.78 is 0. The number of carbonyl (C=O) groups excluding carboxylic acids is 1. The van der Waals surface area contributed by atoms with Gasteiger partial charge in [-0.1, -0.05) is 33.8 Å². The Morgan fingerprint density at radius 2 is 1.91 bits per heavy atom. The van der Waals surface area contributed by atoms with Crippen molar-refractivity contribution in [2.45, 2.75) is 33.6 Å². The number of nitrogens with one attached hydrogen (secondary N) is 3. The molecule has 23 heavy (non-hydrogen) atoms. The first kappa shape index (κ1) is 22.2. The van der Waals surface area contributed by atoms with Crippen molar-refractivity contribution in [2.75, 3.05) is 26.7 Å². The van der Waals surface area contributed by atoms with Crippen molar-refractivity contribution in [3.63, 3.8) is 0 Å². The molecule has 3 N–H and O–H groups in total. The van der Waals surface area contributed by atoms with E-state index in [1.165, 1.54) is 4.88 Å². The van der Waals surface area contributed by atoms with Crippen LogP contribution in [0.4, 0.5) is 0 Å². The van der Waals surface area contributed by atoms with Crippen molar-refractivity contribution in [1.29, 1.82) is 0 Å². The summed E-state index contributed by atoms with van der Waals surface area (Å²) in [5, 5.41) is 11.5. The lowest BCUT2D eigenvalue weighted by molar-refractivity contribution is -0.128. The van der Waals surface area contributed by atoms with E-state index in [0.29, 0.717) is 19.0 Å². The summed E-state index contributed by atoms with van der Waals surface area (Å²) in [6, 6.07) is 4.22. The fraction of sp³-hybridized carbons (Fsp3) is 0.625. The zero-order valence-corrected chi connectivity index (χ0v) is 17.7. The van der Waals surface area contributed by atoms with E-state index in [-0.39, 0.29) is 35.3 Å². The van der Waals surface area contributed by atoms with E-state index >= 15 is 0 Å². The van der Waals surface area contributed by atoms with Gasteiger partial charge in [0.2, 0.25) is 5.91 Å². The zero-order valence-electron chi connectivity index (χ0n) is 14.6. The minimum atomic E-state index is -0.351. The van der Waals surface area contributed by atoms with Gasteiger partial charge in [0.05, 0.1) is 0 Å². The van der Waals surface area contributed by atoms with Crippen molar-refractivity contribution < 1.29 is 4.79 Å². The first-order valence-corrected chi connectivity index (χ1v) is 8.48. The number of aliphatic imine (C=N–C) groups is 1. The van der Waals surface area contributed by atoms with Gasteiger partial charge >= 0.3 is 0 Å². The Bertz CT molecular complexity index is 483. The molecule has 0 aromatic carbocycles. The standard InChI is InChI=1S/C16H28N4OS.HI/c1-12(13-7-6-10-22-13)11-20-15(17-5)19-9-8-18-14(21)16(2,3)4;/h6-7,10,12H,8-9,11H2,1-5H3,(H,18,21)(H2,17,19,20);1H. The maximum atomic E-state index is 11.7. The number of thiophene rings is 1. The summed E-state index contributed by atoms with van der Waals surface area (Å²) in [4.78, 5) is 17.3. The van der Waals surface area contributed by atoms with Gasteiger partial charge in [-0.05, 0) is 11.4 Å². The molecule has 132 valence electrons. The highest BCUT2D eigenvalue weighted by molar-refractivity contribution is 14.0. The van der Waals surface area contributed by atoms with Crippen LogP contribution in [0.3, 0.4) is 0 Å². The van der Waals surface area contributed by atoms with E-state index in [2.05, 4.69) is 45.4 Å². The van der Waals surface area contributed by atoms with Crippen molar-refractivity contribution in [1.82, 2.24) is 16.0 Å². The number of carbonyl (C=O) groups is 1. The van der Waals surface area contributed by atoms with E-state index in [9.17, 15) is 4.79 Å². The predicted molar refractivity (Wildman–Crippen MR) is 110 cm³/mol. The molecule has 1 atom stereocenters. The second kappa shape index (κ2) is 10.9. The van der Waals surface area contributed by atoms with Gasteiger partial charge in [-0.3, -0.25) is 9.79 Å². The normalized spacial score (nSPS) is 13.0. The molecule has 0 spiro atoms. The van der Waals surface area contributed by atoms with Crippen LogP contribution >= 0.6 is 35.3 Å². The van der Waals surface area contributed by atoms with Crippen LogP contribution in [-0.2, 0) is 4.79 Å². The van der Waals surface area contributed by atoms with Gasteiger partial charge in [0.25, 0.3) is 0 Å². The molecule has 0 saturated heterocycles. The molecule has 1 aromatic rings. The number of guanidine groups is 1. The summed E-state index contributed by atoms with van der Waals surface area (Å²) in [5.74, 6) is 1.26. The summed E-state index contributed by atoms with van der Waals surface area (Å²) in [6.07, 6.45) is 0. The highest BCUT2D eigenvalue weighted by Crippen LogP contribution is 2.19. The molecule has 0 saturated carbocycles. The molecule has 0 aliphatic rings. The van der Waals surface area contributed by atoms with Gasteiger partial charge in [-0.2, -0.15) is 0 Å². The lowest BCUT2D eigenvalue weighted by Gasteiger charge is -2.18. The Kier molecular flexibility index (Phi) is 10.5. The summed E-state index contributed by atoms with van der Waals surface area (Å²) in [7, 11) is 1.75. The first-order chi connectivity index (χ1) is 10.3. The van der Waals surface area contributed by atoms with Gasteiger partial charge in [-0.25, -0.2) is 0 Å². The molecule has 1 unspecified atom stereocenters. The van der Waals surface area contributed by atoms with Crippen molar-refractivity contribution >= 4 is 47.2 Å². The van der Waals surface area contributed by atoms with Crippen LogP contribution in [0.15, 0.2) is 22.5 Å². The molecular formula is C16H29IN4OS. The second-order valence-corrected chi connectivity index (χ2v) is 7.28. The Morgan fingerprint density at radius 3 is 2.43 bits per heavy atom. The van der Waals surface area contributed by atoms with E-state index in [1.807, 2.05) is 20.8 Å². The molecule has 0 aliphatic carbocycles. The summed E-state index contributed by atoms with van der Waals surface area (Å²) >= 11 is 1.77. The number of rotatable bonds is 6. The average molecular weight is 452 g/mol. The van der Waals surface area contributed by atoms with Gasteiger partial charge in [0, 0.05) is 42.9 Å². The molecule has 0 bridgehead atoms. The van der Waals surface area contributed by atoms with Crippen LogP contribution in [0, 0.1) is 5.41 Å². The van der Waals surface area contributed by atoms with Crippen molar-refractivity contribution in [3.05, 3.63) is 22.4 Å². The molecule has 1 aromatic heterocycles. The lowest BCUT2D eigenvalue weighted by Crippen LogP contribution is -2.44. The van der Waals surface area contributed by atoms with E-state index < -0.39 is 0 Å². The molecule has 7 heteroatoms. The summed E-state index contributed by atoms with van der Waals surface area (Å²) in [5.41, 5.74) is -0.351. The van der Waals surface area contributed by atoms with E-state index in [4.69, 9.17) is 0 Å². The lowest BCUT2D eigenvalue weighted by atomic mass is 9.96. The third-order valence-corrected chi connectivity index (χ3v) is 4.32. The van der Waals surface area contributed by atoms with Crippen LogP contribution in [0.5, 0.6) is 0 Å². The molecule has 0 radical (unpaired) electrons. The minimum Gasteiger partial charge on any atom is -0.356 e. The number of amides is 1. The van der Waals surface area contributed by atoms with E-state index in [1.54, 1.807) is 18.4 Å². The monoisotopic (exact) mass is 452 g/mol. The molecule has 0 fully saturated rings. The molecule has 0 aliphatic heterocycles. The van der Waals surface area contributed by atoms with Crippen LogP contribution in [0.2, 0.25) is 0 Å². The summed E-state index contributed by atoms with van der Waals surface area (Å²) in [6.45, 7) is 9.96. The minimum absolute atomic E-state index is 0. The van der Waals surface area contributed by atoms with Gasteiger partial charge in [0.1, 0.15) is 0 Å². The van der Waals surface area contributed by atoms with Crippen molar-refractivity contribution in [2.24, 2.45) is 10.4 Å². The third kappa shape index (κ3) is 8.55. The number of halogens is 1. The van der Waals surface area contributed by atoms with Crippen LogP contribution in [-0.4, -0.2) is 38.5 Å². The number of nitrogens with zero attached hydrogens (tertiary/aromatic N) is 1. The van der Waals surface area contributed by atoms with Crippen molar-refractivity contribution in [3.8, 4) is 0 Å². The quantitative estimate of drug-likeness (QED) is 0.269. The highest BCUT2D eigenvalue weighted by Gasteiger charge is 2.20. The molecule has 5 nitrogen and oxygen atoms in total. The molecule has 1 amide bonds. The second-order valence-electron chi connectivity index (χ2n) is 6.30. The highest BCUT2D eigenvalue weighted by atomic mass is 127. The number of hydrogen-bond acceptors (Lipinski definition) is 3. The Hall–Kier alpha value is -0.830. The van der Waals surface area contributed by atoms with Crippen LogP contribution < -0.4 is 16.0 Å². The Balaban J connectivity index is 0.00000484. The molecule has 1 heterocycles. The smallest absolute Gasteiger partial charge is 0.225 e. The SMILES string of the molecule is CN=C(NCCNC(=O)C(C)(C)C)NCC(C)c1cccs1.I. The topological polar surface area (TPSA) is 65.5 Å².